The minimum absolute atomic E-state index is 0.253. The Bertz CT molecular complexity index is 433. The van der Waals surface area contributed by atoms with Crippen LogP contribution in [-0.4, -0.2) is 37.6 Å². The first kappa shape index (κ1) is 12.5. The largest absolute Gasteiger partial charge is 0.481 e. The van der Waals surface area contributed by atoms with Crippen LogP contribution in [0.5, 0.6) is 0 Å². The summed E-state index contributed by atoms with van der Waals surface area (Å²) in [5.74, 6) is -1.82. The highest BCUT2D eigenvalue weighted by atomic mass is 16.4. The zero-order valence-corrected chi connectivity index (χ0v) is 9.96. The standard InChI is InChI=1S/C10H15N5O3/c1-5(8-12-14-15-13-8)11-9(16)6-3-2-4-7(6)10(17)18/h5-7H,2-4H2,1H3,(H,11,16)(H,17,18)(H,12,13,14,15). The van der Waals surface area contributed by atoms with Crippen LogP contribution in [0.2, 0.25) is 0 Å². The molecule has 0 radical (unpaired) electrons. The van der Waals surface area contributed by atoms with Crippen LogP contribution >= 0.6 is 0 Å². The number of aromatic nitrogens is 4. The molecule has 1 aliphatic carbocycles. The zero-order valence-electron chi connectivity index (χ0n) is 9.96. The fourth-order valence-corrected chi connectivity index (χ4v) is 2.31. The van der Waals surface area contributed by atoms with Crippen LogP contribution < -0.4 is 5.32 Å². The Morgan fingerprint density at radius 3 is 2.78 bits per heavy atom. The summed E-state index contributed by atoms with van der Waals surface area (Å²) in [6.45, 7) is 1.73. The molecule has 0 aliphatic heterocycles. The average Bonchev–Trinajstić information content (AvgIpc) is 3.00. The van der Waals surface area contributed by atoms with Gasteiger partial charge in [0.25, 0.3) is 0 Å². The van der Waals surface area contributed by atoms with Crippen LogP contribution in [-0.2, 0) is 9.59 Å². The summed E-state index contributed by atoms with van der Waals surface area (Å²) in [6, 6.07) is -0.383. The van der Waals surface area contributed by atoms with Gasteiger partial charge >= 0.3 is 5.97 Å². The Morgan fingerprint density at radius 2 is 2.17 bits per heavy atom. The van der Waals surface area contributed by atoms with E-state index in [1.54, 1.807) is 6.92 Å². The molecule has 3 atom stereocenters. The lowest BCUT2D eigenvalue weighted by atomic mass is 9.95. The predicted molar refractivity (Wildman–Crippen MR) is 59.2 cm³/mol. The lowest BCUT2D eigenvalue weighted by Gasteiger charge is -2.17. The number of hydrogen-bond donors (Lipinski definition) is 3. The number of H-pyrrole nitrogens is 1. The highest BCUT2D eigenvalue weighted by molar-refractivity contribution is 5.85. The Morgan fingerprint density at radius 1 is 1.44 bits per heavy atom. The summed E-state index contributed by atoms with van der Waals surface area (Å²) in [5, 5.41) is 25.0. The number of tetrazole rings is 1. The van der Waals surface area contributed by atoms with E-state index in [1.807, 2.05) is 0 Å². The third kappa shape index (κ3) is 2.47. The second kappa shape index (κ2) is 5.11. The molecule has 1 heterocycles. The number of amides is 1. The molecule has 0 saturated heterocycles. The maximum absolute atomic E-state index is 12.0. The van der Waals surface area contributed by atoms with Crippen LogP contribution in [0.3, 0.4) is 0 Å². The summed E-state index contributed by atoms with van der Waals surface area (Å²) in [5.41, 5.74) is 0. The van der Waals surface area contributed by atoms with Gasteiger partial charge in [-0.1, -0.05) is 11.6 Å². The Balaban J connectivity index is 1.97. The maximum atomic E-state index is 12.0. The first-order valence-corrected chi connectivity index (χ1v) is 5.86. The van der Waals surface area contributed by atoms with E-state index in [-0.39, 0.29) is 11.9 Å². The Hall–Kier alpha value is -1.99. The van der Waals surface area contributed by atoms with Crippen molar-refractivity contribution in [2.45, 2.75) is 32.2 Å². The number of hydrogen-bond acceptors (Lipinski definition) is 5. The van der Waals surface area contributed by atoms with E-state index in [0.29, 0.717) is 18.7 Å². The van der Waals surface area contributed by atoms with Gasteiger partial charge in [0.1, 0.15) is 0 Å². The van der Waals surface area contributed by atoms with Crippen LogP contribution in [0.15, 0.2) is 0 Å². The Kier molecular flexibility index (Phi) is 3.54. The number of aromatic amines is 1. The van der Waals surface area contributed by atoms with Gasteiger partial charge in [0.05, 0.1) is 17.9 Å². The molecule has 0 aromatic carbocycles. The fourth-order valence-electron chi connectivity index (χ4n) is 2.31. The number of rotatable bonds is 4. The van der Waals surface area contributed by atoms with Crippen molar-refractivity contribution in [2.75, 3.05) is 0 Å². The molecule has 0 bridgehead atoms. The van der Waals surface area contributed by atoms with Crippen molar-refractivity contribution in [3.05, 3.63) is 5.82 Å². The van der Waals surface area contributed by atoms with Gasteiger partial charge in [-0.15, -0.1) is 10.2 Å². The Labute approximate surface area is 103 Å². The van der Waals surface area contributed by atoms with Gasteiger partial charge < -0.3 is 10.4 Å². The smallest absolute Gasteiger partial charge is 0.307 e. The number of carboxylic acids is 1. The molecule has 0 spiro atoms. The van der Waals surface area contributed by atoms with Gasteiger partial charge in [-0.3, -0.25) is 9.59 Å². The monoisotopic (exact) mass is 253 g/mol. The molecule has 8 nitrogen and oxygen atoms in total. The molecule has 18 heavy (non-hydrogen) atoms. The lowest BCUT2D eigenvalue weighted by molar-refractivity contribution is -0.146. The molecule has 1 aliphatic rings. The van der Waals surface area contributed by atoms with Crippen molar-refractivity contribution >= 4 is 11.9 Å². The molecule has 1 aromatic heterocycles. The second-order valence-corrected chi connectivity index (χ2v) is 4.48. The fraction of sp³-hybridized carbons (Fsp3) is 0.700. The molecule has 1 amide bonds. The molecular formula is C10H15N5O3. The minimum atomic E-state index is -0.903. The number of carboxylic acid groups (broad SMARTS) is 1. The van der Waals surface area contributed by atoms with Crippen LogP contribution in [0.25, 0.3) is 0 Å². The lowest BCUT2D eigenvalue weighted by Crippen LogP contribution is -2.37. The quantitative estimate of drug-likeness (QED) is 0.687. The molecule has 8 heteroatoms. The second-order valence-electron chi connectivity index (χ2n) is 4.48. The van der Waals surface area contributed by atoms with Gasteiger partial charge in [-0.05, 0) is 19.8 Å². The van der Waals surface area contributed by atoms with Crippen LogP contribution in [0.4, 0.5) is 0 Å². The predicted octanol–water partition coefficient (Wildman–Crippen LogP) is -0.122. The van der Waals surface area contributed by atoms with E-state index >= 15 is 0 Å². The number of carbonyl (C=O) groups is 2. The molecule has 98 valence electrons. The summed E-state index contributed by atoms with van der Waals surface area (Å²) in [4.78, 5) is 23.0. The van der Waals surface area contributed by atoms with Crippen molar-refractivity contribution in [2.24, 2.45) is 11.8 Å². The third-order valence-corrected chi connectivity index (χ3v) is 3.28. The van der Waals surface area contributed by atoms with E-state index in [1.165, 1.54) is 0 Å². The van der Waals surface area contributed by atoms with Crippen molar-refractivity contribution in [3.63, 3.8) is 0 Å². The average molecular weight is 253 g/mol. The minimum Gasteiger partial charge on any atom is -0.481 e. The van der Waals surface area contributed by atoms with Crippen molar-refractivity contribution < 1.29 is 14.7 Å². The summed E-state index contributed by atoms with van der Waals surface area (Å²) in [6.07, 6.45) is 1.94. The number of nitrogens with zero attached hydrogens (tertiary/aromatic N) is 3. The molecule has 1 aromatic rings. The number of nitrogens with one attached hydrogen (secondary N) is 2. The molecule has 3 N–H and O–H groups in total. The van der Waals surface area contributed by atoms with E-state index in [9.17, 15) is 9.59 Å². The van der Waals surface area contributed by atoms with E-state index in [0.717, 1.165) is 6.42 Å². The first-order chi connectivity index (χ1) is 8.59. The van der Waals surface area contributed by atoms with Crippen LogP contribution in [0.1, 0.15) is 38.1 Å². The highest BCUT2D eigenvalue weighted by Gasteiger charge is 2.38. The molecule has 1 saturated carbocycles. The van der Waals surface area contributed by atoms with Gasteiger partial charge in [-0.2, -0.15) is 5.21 Å². The number of aliphatic carboxylic acids is 1. The number of carbonyl (C=O) groups excluding carboxylic acids is 1. The third-order valence-electron chi connectivity index (χ3n) is 3.28. The van der Waals surface area contributed by atoms with Crippen LogP contribution in [0, 0.1) is 11.8 Å². The summed E-state index contributed by atoms with van der Waals surface area (Å²) >= 11 is 0. The molecular weight excluding hydrogens is 238 g/mol. The van der Waals surface area contributed by atoms with Crippen molar-refractivity contribution in [1.29, 1.82) is 0 Å². The molecule has 3 unspecified atom stereocenters. The van der Waals surface area contributed by atoms with E-state index < -0.39 is 17.8 Å². The summed E-state index contributed by atoms with van der Waals surface area (Å²) in [7, 11) is 0. The summed E-state index contributed by atoms with van der Waals surface area (Å²) < 4.78 is 0. The molecule has 1 fully saturated rings. The topological polar surface area (TPSA) is 121 Å². The van der Waals surface area contributed by atoms with Gasteiger partial charge in [0.2, 0.25) is 5.91 Å². The van der Waals surface area contributed by atoms with Crippen molar-refractivity contribution in [1.82, 2.24) is 25.9 Å². The maximum Gasteiger partial charge on any atom is 0.307 e. The van der Waals surface area contributed by atoms with Crippen molar-refractivity contribution in [3.8, 4) is 0 Å². The molecule has 2 rings (SSSR count). The highest BCUT2D eigenvalue weighted by Crippen LogP contribution is 2.32. The van der Waals surface area contributed by atoms with Gasteiger partial charge in [0.15, 0.2) is 5.82 Å². The van der Waals surface area contributed by atoms with E-state index in [2.05, 4.69) is 25.9 Å². The normalized spacial score (nSPS) is 24.7. The zero-order chi connectivity index (χ0) is 13.1. The first-order valence-electron chi connectivity index (χ1n) is 5.86. The SMILES string of the molecule is CC(NC(=O)C1CCCC1C(=O)O)c1nn[nH]n1. The van der Waals surface area contributed by atoms with Gasteiger partial charge in [-0.25, -0.2) is 0 Å². The van der Waals surface area contributed by atoms with E-state index in [4.69, 9.17) is 5.11 Å². The van der Waals surface area contributed by atoms with Gasteiger partial charge in [0, 0.05) is 0 Å².